The molecule has 0 fully saturated rings. The van der Waals surface area contributed by atoms with Crippen LogP contribution in [0.25, 0.3) is 120 Å². The maximum absolute atomic E-state index is 2.47. The van der Waals surface area contributed by atoms with Crippen LogP contribution in [0.15, 0.2) is 340 Å². The maximum atomic E-state index is 2.47. The fraction of sp³-hybridized carbons (Fsp3) is 0.0337. The first-order valence-electron chi connectivity index (χ1n) is 31.6. The van der Waals surface area contributed by atoms with Crippen molar-refractivity contribution in [3.05, 3.63) is 351 Å². The lowest BCUT2D eigenvalue weighted by Crippen LogP contribution is -2.16. The molecule has 0 unspecified atom stereocenters. The molecule has 0 saturated heterocycles. The molecule has 0 spiro atoms. The van der Waals surface area contributed by atoms with Crippen molar-refractivity contribution in [1.82, 2.24) is 0 Å². The molecule has 18 rings (SSSR count). The second kappa shape index (κ2) is 21.9. The fourth-order valence-electron chi connectivity index (χ4n) is 14.7. The number of hydrogen-bond donors (Lipinski definition) is 0. The van der Waals surface area contributed by atoms with Gasteiger partial charge in [0.15, 0.2) is 0 Å². The second-order valence-corrected chi connectivity index (χ2v) is 24.8. The van der Waals surface area contributed by atoms with Crippen molar-refractivity contribution in [3.8, 4) is 33.4 Å². The molecule has 0 saturated carbocycles. The first-order valence-corrected chi connectivity index (χ1v) is 31.6. The number of hydrogen-bond acceptors (Lipinski definition) is 2. The maximum Gasteiger partial charge on any atom is 0.0543 e. The molecule has 17 aromatic rings. The largest absolute Gasteiger partial charge is 0.310 e. The molecule has 0 N–H and O–H groups in total. The van der Waals surface area contributed by atoms with Crippen LogP contribution in [-0.4, -0.2) is 0 Å². The molecular weight excluding hydrogens is 1100 g/mol. The predicted molar refractivity (Wildman–Crippen MR) is 391 cm³/mol. The lowest BCUT2D eigenvalue weighted by molar-refractivity contribution is 0.660. The van der Waals surface area contributed by atoms with E-state index in [1.165, 1.54) is 136 Å². The number of fused-ring (bicyclic) bond motifs is 15. The van der Waals surface area contributed by atoms with Crippen molar-refractivity contribution < 1.29 is 0 Å². The average Bonchev–Trinajstić information content (AvgIpc) is 1.63. The van der Waals surface area contributed by atoms with Crippen LogP contribution in [0.1, 0.15) is 25.0 Å². The van der Waals surface area contributed by atoms with Crippen LogP contribution in [0.3, 0.4) is 0 Å². The van der Waals surface area contributed by atoms with Crippen molar-refractivity contribution >= 4 is 120 Å². The minimum Gasteiger partial charge on any atom is -0.310 e. The highest BCUT2D eigenvalue weighted by molar-refractivity contribution is 6.13. The highest BCUT2D eigenvalue weighted by Gasteiger charge is 2.38. The van der Waals surface area contributed by atoms with E-state index in [9.17, 15) is 0 Å². The zero-order valence-electron chi connectivity index (χ0n) is 50.7. The third-order valence-electron chi connectivity index (χ3n) is 19.2. The monoisotopic (exact) mass is 1160 g/mol. The summed E-state index contributed by atoms with van der Waals surface area (Å²) in [6.07, 6.45) is 0. The van der Waals surface area contributed by atoms with Gasteiger partial charge in [-0.05, 0) is 192 Å². The number of anilines is 6. The standard InChI is InChI=1S/C46H31N.C43H31N/c1-2-9-32(10-3-1)33-17-19-34(20-18-33)37-13-8-14-40(29-37)47(41-25-27-45-38(30-41)23-21-35-11-4-6-15-43(35)45)42-26-28-46-39(31-42)24-22-36-12-5-7-16-44(36)46;1-43(2)39-15-8-7-14-38(39)42-40(43)16-9-17-41(42)44(32-22-24-36-30(26-32)20-18-28-10-3-5-12-34(28)36)33-23-25-37-31(27-33)21-19-29-11-4-6-13-35(29)37/h1-31H;3-27H,1-2H3. The van der Waals surface area contributed by atoms with Crippen LogP contribution in [0.2, 0.25) is 0 Å². The van der Waals surface area contributed by atoms with Gasteiger partial charge in [-0.1, -0.05) is 287 Å². The zero-order chi connectivity index (χ0) is 60.6. The van der Waals surface area contributed by atoms with E-state index in [4.69, 9.17) is 0 Å². The van der Waals surface area contributed by atoms with Crippen LogP contribution in [0.5, 0.6) is 0 Å². The van der Waals surface area contributed by atoms with E-state index >= 15 is 0 Å². The van der Waals surface area contributed by atoms with Crippen LogP contribution in [0, 0.1) is 0 Å². The molecule has 1 aliphatic rings. The Morgan fingerprint density at radius 3 is 1.01 bits per heavy atom. The Balaban J connectivity index is 0.000000140. The first-order chi connectivity index (χ1) is 44.9. The van der Waals surface area contributed by atoms with Crippen LogP contribution in [0.4, 0.5) is 34.1 Å². The van der Waals surface area contributed by atoms with E-state index < -0.39 is 0 Å². The van der Waals surface area contributed by atoms with E-state index in [1.54, 1.807) is 0 Å². The van der Waals surface area contributed by atoms with E-state index in [1.807, 2.05) is 0 Å². The molecule has 0 heterocycles. The molecule has 2 heteroatoms. The summed E-state index contributed by atoms with van der Waals surface area (Å²) in [6, 6.07) is 124. The Labute approximate surface area is 530 Å². The minimum absolute atomic E-state index is 0.0712. The van der Waals surface area contributed by atoms with Crippen molar-refractivity contribution in [2.75, 3.05) is 9.80 Å². The molecule has 0 aliphatic heterocycles. The van der Waals surface area contributed by atoms with Gasteiger partial charge in [0.05, 0.1) is 5.69 Å². The van der Waals surface area contributed by atoms with Crippen molar-refractivity contribution in [2.45, 2.75) is 19.3 Å². The Bertz CT molecular complexity index is 5460. The summed E-state index contributed by atoms with van der Waals surface area (Å²) in [7, 11) is 0. The predicted octanol–water partition coefficient (Wildman–Crippen LogP) is 25.2. The highest BCUT2D eigenvalue weighted by atomic mass is 15.1. The van der Waals surface area contributed by atoms with Gasteiger partial charge in [0, 0.05) is 39.4 Å². The topological polar surface area (TPSA) is 6.48 Å². The van der Waals surface area contributed by atoms with Crippen LogP contribution < -0.4 is 9.80 Å². The normalized spacial score (nSPS) is 12.4. The van der Waals surface area contributed by atoms with E-state index in [2.05, 4.69) is 363 Å². The van der Waals surface area contributed by atoms with E-state index in [0.29, 0.717) is 0 Å². The SMILES string of the molecule is CC1(C)c2ccccc2-c2c(N(c3ccc4c(ccc5ccccc54)c3)c3ccc4c(ccc5ccccc54)c3)cccc21.c1ccc(-c2ccc(-c3cccc(N(c4ccc5c(ccc6ccccc65)c4)c4ccc5c(ccc6ccccc65)c4)c3)cc2)cc1. The molecule has 0 aromatic heterocycles. The average molecular weight is 1160 g/mol. The van der Waals surface area contributed by atoms with Gasteiger partial charge in [-0.3, -0.25) is 0 Å². The van der Waals surface area contributed by atoms with Gasteiger partial charge in [0.1, 0.15) is 0 Å². The number of benzene rings is 17. The van der Waals surface area contributed by atoms with Crippen LogP contribution >= 0.6 is 0 Å². The van der Waals surface area contributed by atoms with Crippen molar-refractivity contribution in [3.63, 3.8) is 0 Å². The first kappa shape index (κ1) is 53.6. The van der Waals surface area contributed by atoms with E-state index in [0.717, 1.165) is 28.4 Å². The molecule has 0 amide bonds. The van der Waals surface area contributed by atoms with Crippen molar-refractivity contribution in [1.29, 1.82) is 0 Å². The summed E-state index contributed by atoms with van der Waals surface area (Å²) < 4.78 is 0. The van der Waals surface area contributed by atoms with Gasteiger partial charge >= 0.3 is 0 Å². The third kappa shape index (κ3) is 9.34. The summed E-state index contributed by atoms with van der Waals surface area (Å²) >= 11 is 0. The molecule has 0 atom stereocenters. The smallest absolute Gasteiger partial charge is 0.0543 e. The van der Waals surface area contributed by atoms with Gasteiger partial charge in [-0.2, -0.15) is 0 Å². The molecule has 91 heavy (non-hydrogen) atoms. The molecular formula is C89H62N2. The summed E-state index contributed by atoms with van der Waals surface area (Å²) in [5, 5.41) is 20.2. The minimum atomic E-state index is -0.0712. The number of rotatable bonds is 8. The fourth-order valence-corrected chi connectivity index (χ4v) is 14.7. The number of nitrogens with zero attached hydrogens (tertiary/aromatic N) is 2. The molecule has 428 valence electrons. The Kier molecular flexibility index (Phi) is 12.9. The van der Waals surface area contributed by atoms with Gasteiger partial charge in [0.25, 0.3) is 0 Å². The summed E-state index contributed by atoms with van der Waals surface area (Å²) in [4.78, 5) is 4.87. The lowest BCUT2D eigenvalue weighted by Gasteiger charge is -2.29. The van der Waals surface area contributed by atoms with Gasteiger partial charge in [0.2, 0.25) is 0 Å². The third-order valence-corrected chi connectivity index (χ3v) is 19.2. The van der Waals surface area contributed by atoms with Gasteiger partial charge < -0.3 is 9.80 Å². The molecule has 17 aromatic carbocycles. The quantitative estimate of drug-likeness (QED) is 0.140. The summed E-state index contributed by atoms with van der Waals surface area (Å²) in [5.41, 5.74) is 17.1. The Morgan fingerprint density at radius 2 is 0.538 bits per heavy atom. The Hall–Kier alpha value is -11.6. The van der Waals surface area contributed by atoms with Crippen molar-refractivity contribution in [2.24, 2.45) is 0 Å². The molecule has 1 aliphatic carbocycles. The summed E-state index contributed by atoms with van der Waals surface area (Å²) in [6.45, 7) is 4.71. The lowest BCUT2D eigenvalue weighted by atomic mass is 9.82. The van der Waals surface area contributed by atoms with Crippen LogP contribution in [-0.2, 0) is 5.41 Å². The highest BCUT2D eigenvalue weighted by Crippen LogP contribution is 2.55. The molecule has 0 radical (unpaired) electrons. The molecule has 0 bridgehead atoms. The summed E-state index contributed by atoms with van der Waals surface area (Å²) in [5.74, 6) is 0. The van der Waals surface area contributed by atoms with E-state index in [-0.39, 0.29) is 5.41 Å². The van der Waals surface area contributed by atoms with Gasteiger partial charge in [-0.15, -0.1) is 0 Å². The Morgan fingerprint density at radius 1 is 0.209 bits per heavy atom. The zero-order valence-corrected chi connectivity index (χ0v) is 50.7. The van der Waals surface area contributed by atoms with Gasteiger partial charge in [-0.25, -0.2) is 0 Å². The molecule has 2 nitrogen and oxygen atoms in total. The second-order valence-electron chi connectivity index (χ2n) is 24.8.